The number of primary amides is 1. The molecule has 1 aliphatic rings. The molecule has 0 aliphatic heterocycles. The Balaban J connectivity index is 1.73. The van der Waals surface area contributed by atoms with Gasteiger partial charge in [-0.05, 0) is 49.1 Å². The number of nitrogens with two attached hydrogens (primary N) is 2. The van der Waals surface area contributed by atoms with Gasteiger partial charge in [0.15, 0.2) is 0 Å². The maximum atomic E-state index is 13.2. The number of benzene rings is 2. The Morgan fingerprint density at radius 3 is 2.42 bits per heavy atom. The number of amidine groups is 1. The van der Waals surface area contributed by atoms with Gasteiger partial charge in [-0.1, -0.05) is 36.4 Å². The lowest BCUT2D eigenvalue weighted by molar-refractivity contribution is 0.0925. The predicted octanol–water partition coefficient (Wildman–Crippen LogP) is 2.91. The van der Waals surface area contributed by atoms with E-state index in [9.17, 15) is 9.59 Å². The summed E-state index contributed by atoms with van der Waals surface area (Å²) in [6.07, 6.45) is 6.95. The first kappa shape index (κ1) is 20.4. The first-order chi connectivity index (χ1) is 14.9. The third-order valence-corrected chi connectivity index (χ3v) is 5.63. The Labute approximate surface area is 180 Å². The largest absolute Gasteiger partial charge is 0.384 e. The van der Waals surface area contributed by atoms with Crippen LogP contribution >= 0.6 is 0 Å². The molecule has 3 aromatic rings. The van der Waals surface area contributed by atoms with Crippen molar-refractivity contribution in [1.82, 2.24) is 9.88 Å². The summed E-state index contributed by atoms with van der Waals surface area (Å²) in [7, 11) is 0. The van der Waals surface area contributed by atoms with Crippen molar-refractivity contribution >= 4 is 28.6 Å². The Hall–Kier alpha value is -3.87. The summed E-state index contributed by atoms with van der Waals surface area (Å²) in [6.45, 7) is 0.428. The van der Waals surface area contributed by atoms with Gasteiger partial charge in [-0.15, -0.1) is 0 Å². The number of rotatable bonds is 6. The smallest absolute Gasteiger partial charge is 0.268 e. The van der Waals surface area contributed by atoms with Crippen LogP contribution in [0.1, 0.15) is 51.2 Å². The first-order valence-electron chi connectivity index (χ1n) is 10.2. The van der Waals surface area contributed by atoms with Gasteiger partial charge in [0.1, 0.15) is 11.5 Å². The molecular formula is C24H25N5O2. The quantitative estimate of drug-likeness (QED) is 0.281. The average Bonchev–Trinajstić information content (AvgIpc) is 3.12. The SMILES string of the molecule is N=C(N)c1ccc2cc(C(=O)N[C@@H]3CC=CCC3)n(Cc3ccc(C(N)=O)cc3)c2c1. The topological polar surface area (TPSA) is 127 Å². The number of hydrogen-bond donors (Lipinski definition) is 4. The first-order valence-corrected chi connectivity index (χ1v) is 10.2. The number of nitrogens with one attached hydrogen (secondary N) is 2. The van der Waals surface area contributed by atoms with Gasteiger partial charge in [-0.25, -0.2) is 0 Å². The number of nitrogen functional groups attached to an aromatic ring is 1. The van der Waals surface area contributed by atoms with E-state index in [1.165, 1.54) is 0 Å². The second-order valence-corrected chi connectivity index (χ2v) is 7.82. The zero-order valence-corrected chi connectivity index (χ0v) is 17.1. The van der Waals surface area contributed by atoms with Gasteiger partial charge in [0.2, 0.25) is 5.91 Å². The van der Waals surface area contributed by atoms with Crippen molar-refractivity contribution in [2.24, 2.45) is 11.5 Å². The summed E-state index contributed by atoms with van der Waals surface area (Å²) in [5.41, 5.74) is 14.3. The van der Waals surface area contributed by atoms with Gasteiger partial charge in [0.25, 0.3) is 5.91 Å². The second-order valence-electron chi connectivity index (χ2n) is 7.82. The summed E-state index contributed by atoms with van der Waals surface area (Å²) in [5, 5.41) is 11.8. The maximum absolute atomic E-state index is 13.2. The Bertz CT molecular complexity index is 1190. The van der Waals surface area contributed by atoms with Crippen molar-refractivity contribution in [1.29, 1.82) is 5.41 Å². The van der Waals surface area contributed by atoms with E-state index in [1.807, 2.05) is 34.9 Å². The highest BCUT2D eigenvalue weighted by molar-refractivity contribution is 6.02. The average molecular weight is 415 g/mol. The summed E-state index contributed by atoms with van der Waals surface area (Å²) in [5.74, 6) is -0.638. The highest BCUT2D eigenvalue weighted by atomic mass is 16.2. The molecule has 4 rings (SSSR count). The molecule has 1 atom stereocenters. The van der Waals surface area contributed by atoms with Gasteiger partial charge in [-0.3, -0.25) is 15.0 Å². The van der Waals surface area contributed by atoms with Gasteiger partial charge >= 0.3 is 0 Å². The molecule has 31 heavy (non-hydrogen) atoms. The second kappa shape index (κ2) is 8.47. The summed E-state index contributed by atoms with van der Waals surface area (Å²) >= 11 is 0. The van der Waals surface area contributed by atoms with Crippen molar-refractivity contribution in [3.63, 3.8) is 0 Å². The zero-order valence-electron chi connectivity index (χ0n) is 17.1. The molecule has 6 N–H and O–H groups in total. The van der Waals surface area contributed by atoms with Crippen LogP contribution in [-0.2, 0) is 6.54 Å². The third kappa shape index (κ3) is 4.35. The number of nitrogens with zero attached hydrogens (tertiary/aromatic N) is 1. The number of amides is 2. The Kier molecular flexibility index (Phi) is 5.58. The predicted molar refractivity (Wildman–Crippen MR) is 121 cm³/mol. The minimum atomic E-state index is -0.481. The van der Waals surface area contributed by atoms with E-state index in [0.717, 1.165) is 35.7 Å². The van der Waals surface area contributed by atoms with Crippen LogP contribution in [0.4, 0.5) is 0 Å². The van der Waals surface area contributed by atoms with Gasteiger partial charge in [-0.2, -0.15) is 0 Å². The van der Waals surface area contributed by atoms with Crippen LogP contribution in [0, 0.1) is 5.41 Å². The summed E-state index contributed by atoms with van der Waals surface area (Å²) < 4.78 is 1.93. The molecule has 1 aromatic heterocycles. The number of carbonyl (C=O) groups excluding carboxylic acids is 2. The van der Waals surface area contributed by atoms with E-state index in [2.05, 4.69) is 17.5 Å². The summed E-state index contributed by atoms with van der Waals surface area (Å²) in [4.78, 5) is 24.5. The molecule has 0 fully saturated rings. The van der Waals surface area contributed by atoms with Crippen molar-refractivity contribution in [2.45, 2.75) is 31.8 Å². The van der Waals surface area contributed by atoms with Crippen molar-refractivity contribution < 1.29 is 9.59 Å². The van der Waals surface area contributed by atoms with E-state index in [1.54, 1.807) is 18.2 Å². The van der Waals surface area contributed by atoms with E-state index in [4.69, 9.17) is 16.9 Å². The fourth-order valence-corrected chi connectivity index (χ4v) is 3.92. The number of allylic oxidation sites excluding steroid dienone is 1. The number of hydrogen-bond acceptors (Lipinski definition) is 3. The molecular weight excluding hydrogens is 390 g/mol. The Morgan fingerprint density at radius 1 is 1.03 bits per heavy atom. The summed E-state index contributed by atoms with van der Waals surface area (Å²) in [6, 6.07) is 14.5. The Morgan fingerprint density at radius 2 is 1.77 bits per heavy atom. The fraction of sp³-hybridized carbons (Fsp3) is 0.208. The van der Waals surface area contributed by atoms with Crippen LogP contribution < -0.4 is 16.8 Å². The molecule has 0 unspecified atom stereocenters. The lowest BCUT2D eigenvalue weighted by Gasteiger charge is -2.20. The maximum Gasteiger partial charge on any atom is 0.268 e. The van der Waals surface area contributed by atoms with Crippen molar-refractivity contribution in [3.8, 4) is 0 Å². The standard InChI is InChI=1S/C24H25N5O2/c25-22(26)18-11-10-17-12-21(24(31)28-19-4-2-1-3-5-19)29(20(17)13-18)14-15-6-8-16(9-7-15)23(27)30/h1-2,6-13,19H,3-5,14H2,(H3,25,26)(H2,27,30)(H,28,31)/t19-/m1/s1. The molecule has 0 saturated carbocycles. The fourth-order valence-electron chi connectivity index (χ4n) is 3.92. The molecule has 158 valence electrons. The minimum Gasteiger partial charge on any atom is -0.384 e. The molecule has 1 heterocycles. The van der Waals surface area contributed by atoms with Crippen LogP contribution in [0.5, 0.6) is 0 Å². The highest BCUT2D eigenvalue weighted by Crippen LogP contribution is 2.24. The third-order valence-electron chi connectivity index (χ3n) is 5.63. The van der Waals surface area contributed by atoms with Crippen LogP contribution in [0.15, 0.2) is 60.7 Å². The molecule has 1 aliphatic carbocycles. The van der Waals surface area contributed by atoms with E-state index >= 15 is 0 Å². The van der Waals surface area contributed by atoms with E-state index in [0.29, 0.717) is 23.4 Å². The monoisotopic (exact) mass is 415 g/mol. The van der Waals surface area contributed by atoms with Gasteiger partial charge in [0, 0.05) is 34.6 Å². The number of fused-ring (bicyclic) bond motifs is 1. The molecule has 7 heteroatoms. The van der Waals surface area contributed by atoms with E-state index in [-0.39, 0.29) is 17.8 Å². The molecule has 0 radical (unpaired) electrons. The normalized spacial score (nSPS) is 15.7. The number of aromatic nitrogens is 1. The van der Waals surface area contributed by atoms with Crippen LogP contribution in [-0.4, -0.2) is 28.3 Å². The molecule has 0 spiro atoms. The lowest BCUT2D eigenvalue weighted by Crippen LogP contribution is -2.36. The molecule has 7 nitrogen and oxygen atoms in total. The van der Waals surface area contributed by atoms with Crippen LogP contribution in [0.3, 0.4) is 0 Å². The van der Waals surface area contributed by atoms with Crippen molar-refractivity contribution in [3.05, 3.63) is 83.1 Å². The lowest BCUT2D eigenvalue weighted by atomic mass is 10.0. The van der Waals surface area contributed by atoms with Crippen molar-refractivity contribution in [2.75, 3.05) is 0 Å². The zero-order chi connectivity index (χ0) is 22.0. The van der Waals surface area contributed by atoms with E-state index < -0.39 is 5.91 Å². The molecule has 0 saturated heterocycles. The highest BCUT2D eigenvalue weighted by Gasteiger charge is 2.20. The van der Waals surface area contributed by atoms with Crippen LogP contribution in [0.2, 0.25) is 0 Å². The van der Waals surface area contributed by atoms with Gasteiger partial charge in [0.05, 0.1) is 0 Å². The van der Waals surface area contributed by atoms with Crippen LogP contribution in [0.25, 0.3) is 10.9 Å². The minimum absolute atomic E-state index is 0.0274. The van der Waals surface area contributed by atoms with Gasteiger partial charge < -0.3 is 21.4 Å². The molecule has 2 aromatic carbocycles. The molecule has 0 bridgehead atoms. The number of carbonyl (C=O) groups is 2. The molecule has 2 amide bonds.